The molecule has 0 aromatic carbocycles. The van der Waals surface area contributed by atoms with Gasteiger partial charge in [0.25, 0.3) is 0 Å². The van der Waals surface area contributed by atoms with Gasteiger partial charge in [-0.1, -0.05) is 0 Å². The van der Waals surface area contributed by atoms with Crippen LogP contribution in [0, 0.1) is 11.3 Å². The lowest BCUT2D eigenvalue weighted by Gasteiger charge is -2.32. The van der Waals surface area contributed by atoms with Gasteiger partial charge in [-0.05, 0) is 27.7 Å². The van der Waals surface area contributed by atoms with E-state index in [1.54, 1.807) is 0 Å². The highest BCUT2D eigenvalue weighted by atomic mass is 19.4. The minimum absolute atomic E-state index is 0.394. The van der Waals surface area contributed by atoms with Gasteiger partial charge in [0.2, 0.25) is 0 Å². The van der Waals surface area contributed by atoms with Crippen LogP contribution < -0.4 is 5.46 Å². The molecular weight excluding hydrogens is 298 g/mol. The summed E-state index contributed by atoms with van der Waals surface area (Å²) in [5.41, 5.74) is -0.781. The van der Waals surface area contributed by atoms with Gasteiger partial charge >= 0.3 is 13.3 Å². The number of halogens is 3. The summed E-state index contributed by atoms with van der Waals surface area (Å²) in [6.45, 7) is 7.41. The molecule has 0 amide bonds. The monoisotopic (exact) mass is 315 g/mol. The van der Waals surface area contributed by atoms with Crippen LogP contribution in [-0.4, -0.2) is 34.3 Å². The summed E-state index contributed by atoms with van der Waals surface area (Å²) in [6.07, 6.45) is -2.75. The molecule has 120 valence electrons. The first-order valence-corrected chi connectivity index (χ1v) is 6.81. The smallest absolute Gasteiger partial charge is 0.399 e. The van der Waals surface area contributed by atoms with Crippen molar-refractivity contribution in [2.24, 2.45) is 0 Å². The number of alkyl halides is 3. The molecule has 0 saturated carbocycles. The van der Waals surface area contributed by atoms with Gasteiger partial charge < -0.3 is 9.31 Å². The van der Waals surface area contributed by atoms with Crippen molar-refractivity contribution in [2.75, 3.05) is 0 Å². The number of hydrogen-bond acceptors (Lipinski definition) is 4. The van der Waals surface area contributed by atoms with Crippen molar-refractivity contribution in [3.63, 3.8) is 0 Å². The van der Waals surface area contributed by atoms with Crippen molar-refractivity contribution in [3.8, 4) is 6.07 Å². The van der Waals surface area contributed by atoms with Crippen LogP contribution in [0.15, 0.2) is 12.4 Å². The van der Waals surface area contributed by atoms with E-state index in [2.05, 4.69) is 5.10 Å². The molecule has 1 unspecified atom stereocenters. The second-order valence-corrected chi connectivity index (χ2v) is 6.26. The molecule has 1 aliphatic heterocycles. The number of hydrogen-bond donors (Lipinski definition) is 0. The lowest BCUT2D eigenvalue weighted by atomic mass is 9.82. The molecule has 2 heterocycles. The van der Waals surface area contributed by atoms with E-state index in [0.29, 0.717) is 5.46 Å². The summed E-state index contributed by atoms with van der Waals surface area (Å²) < 4.78 is 51.1. The highest BCUT2D eigenvalue weighted by Crippen LogP contribution is 2.37. The highest BCUT2D eigenvalue weighted by Gasteiger charge is 2.52. The number of rotatable bonds is 3. The van der Waals surface area contributed by atoms with Crippen LogP contribution in [0.3, 0.4) is 0 Å². The van der Waals surface area contributed by atoms with Gasteiger partial charge in [-0.25, -0.2) is 0 Å². The molecule has 5 nitrogen and oxygen atoms in total. The van der Waals surface area contributed by atoms with Crippen LogP contribution in [0.25, 0.3) is 0 Å². The molecule has 1 aromatic rings. The van der Waals surface area contributed by atoms with E-state index in [-0.39, 0.29) is 0 Å². The van der Waals surface area contributed by atoms with Crippen LogP contribution in [0.2, 0.25) is 0 Å². The normalized spacial score (nSPS) is 21.6. The van der Waals surface area contributed by atoms with Gasteiger partial charge in [-0.3, -0.25) is 4.68 Å². The van der Waals surface area contributed by atoms with Crippen LogP contribution >= 0.6 is 0 Å². The fourth-order valence-electron chi connectivity index (χ4n) is 2.07. The zero-order chi connectivity index (χ0) is 16.8. The van der Waals surface area contributed by atoms with Gasteiger partial charge in [0.1, 0.15) is 0 Å². The van der Waals surface area contributed by atoms with Crippen LogP contribution in [-0.2, 0) is 9.31 Å². The fourth-order valence-corrected chi connectivity index (χ4v) is 2.07. The summed E-state index contributed by atoms with van der Waals surface area (Å²) in [5.74, 6) is 0. The molecular formula is C13H17BF3N3O2. The first kappa shape index (κ1) is 16.8. The van der Waals surface area contributed by atoms with Crippen molar-refractivity contribution in [1.29, 1.82) is 5.26 Å². The van der Waals surface area contributed by atoms with Crippen molar-refractivity contribution in [3.05, 3.63) is 12.4 Å². The van der Waals surface area contributed by atoms with Crippen LogP contribution in [0.4, 0.5) is 13.2 Å². The molecule has 2 rings (SSSR count). The molecule has 0 aliphatic carbocycles. The Morgan fingerprint density at radius 2 is 1.86 bits per heavy atom. The molecule has 1 saturated heterocycles. The average Bonchev–Trinajstić information content (AvgIpc) is 2.88. The first-order valence-electron chi connectivity index (χ1n) is 6.81. The molecule has 1 atom stereocenters. The van der Waals surface area contributed by atoms with Gasteiger partial charge in [0, 0.05) is 17.9 Å². The van der Waals surface area contributed by atoms with E-state index in [4.69, 9.17) is 14.6 Å². The molecule has 1 aromatic heterocycles. The second-order valence-electron chi connectivity index (χ2n) is 6.26. The Kier molecular flexibility index (Phi) is 4.04. The summed E-state index contributed by atoms with van der Waals surface area (Å²) in [4.78, 5) is 0. The Labute approximate surface area is 127 Å². The highest BCUT2D eigenvalue weighted by molar-refractivity contribution is 6.61. The zero-order valence-corrected chi connectivity index (χ0v) is 12.8. The van der Waals surface area contributed by atoms with Crippen molar-refractivity contribution >= 4 is 12.6 Å². The standard InChI is InChI=1S/C13H17BF3N3O2/c1-11(2)12(3,4)22-14(21-11)9-7-19-20(8-9)10(5-6-18)13(15,16)17/h7-8,10H,5H2,1-4H3. The number of aromatic nitrogens is 2. The third-order valence-electron chi connectivity index (χ3n) is 4.13. The zero-order valence-electron chi connectivity index (χ0n) is 12.8. The average molecular weight is 315 g/mol. The maximum absolute atomic E-state index is 13.0. The van der Waals surface area contributed by atoms with Gasteiger partial charge in [0.15, 0.2) is 6.04 Å². The number of nitrogens with zero attached hydrogens (tertiary/aromatic N) is 3. The molecule has 0 N–H and O–H groups in total. The first-order chi connectivity index (χ1) is 9.98. The maximum atomic E-state index is 13.0. The Bertz CT molecular complexity index is 576. The SMILES string of the molecule is CC1(C)OB(c2cnn(C(CC#N)C(F)(F)F)c2)OC1(C)C. The Morgan fingerprint density at radius 1 is 1.32 bits per heavy atom. The Morgan fingerprint density at radius 3 is 2.32 bits per heavy atom. The quantitative estimate of drug-likeness (QED) is 0.802. The minimum atomic E-state index is -4.55. The molecule has 22 heavy (non-hydrogen) atoms. The molecule has 1 fully saturated rings. The summed E-state index contributed by atoms with van der Waals surface area (Å²) in [5, 5.41) is 12.3. The molecule has 1 aliphatic rings. The lowest BCUT2D eigenvalue weighted by Crippen LogP contribution is -2.41. The van der Waals surface area contributed by atoms with E-state index < -0.39 is 37.0 Å². The van der Waals surface area contributed by atoms with Crippen LogP contribution in [0.1, 0.15) is 40.2 Å². The van der Waals surface area contributed by atoms with Gasteiger partial charge in [-0.2, -0.15) is 23.5 Å². The molecule has 0 spiro atoms. The van der Waals surface area contributed by atoms with Gasteiger partial charge in [-0.15, -0.1) is 0 Å². The predicted octanol–water partition coefficient (Wildman–Crippen LogP) is 2.20. The maximum Gasteiger partial charge on any atom is 0.498 e. The van der Waals surface area contributed by atoms with E-state index in [1.807, 2.05) is 27.7 Å². The van der Waals surface area contributed by atoms with Crippen molar-refractivity contribution in [1.82, 2.24) is 9.78 Å². The predicted molar refractivity (Wildman–Crippen MR) is 73.3 cm³/mol. The summed E-state index contributed by atoms with van der Waals surface area (Å²) >= 11 is 0. The second kappa shape index (κ2) is 5.28. The van der Waals surface area contributed by atoms with Crippen molar-refractivity contribution in [2.45, 2.75) is 57.5 Å². The lowest BCUT2D eigenvalue weighted by molar-refractivity contribution is -0.169. The fraction of sp³-hybridized carbons (Fsp3) is 0.692. The third kappa shape index (κ3) is 2.98. The Balaban J connectivity index is 2.24. The van der Waals surface area contributed by atoms with E-state index in [1.165, 1.54) is 18.5 Å². The molecule has 9 heteroatoms. The molecule has 0 radical (unpaired) electrons. The van der Waals surface area contributed by atoms with Crippen LogP contribution in [0.5, 0.6) is 0 Å². The summed E-state index contributed by atoms with van der Waals surface area (Å²) in [6, 6.07) is -0.444. The Hall–Kier alpha value is -1.53. The number of nitriles is 1. The van der Waals surface area contributed by atoms with Crippen molar-refractivity contribution < 1.29 is 22.5 Å². The van der Waals surface area contributed by atoms with Gasteiger partial charge in [0.05, 0.1) is 23.7 Å². The topological polar surface area (TPSA) is 60.1 Å². The largest absolute Gasteiger partial charge is 0.498 e. The van der Waals surface area contributed by atoms with E-state index in [0.717, 1.165) is 4.68 Å². The minimum Gasteiger partial charge on any atom is -0.399 e. The van der Waals surface area contributed by atoms with E-state index >= 15 is 0 Å². The molecule has 0 bridgehead atoms. The van der Waals surface area contributed by atoms with E-state index in [9.17, 15) is 13.2 Å². The third-order valence-corrected chi connectivity index (χ3v) is 4.13. The summed E-state index contributed by atoms with van der Waals surface area (Å²) in [7, 11) is -0.783.